The van der Waals surface area contributed by atoms with Crippen LogP contribution in [-0.4, -0.2) is 53.2 Å². The molecule has 0 bridgehead atoms. The molecule has 3 heterocycles. The van der Waals surface area contributed by atoms with Crippen LogP contribution in [0.4, 0.5) is 0 Å². The Bertz CT molecular complexity index is 391. The van der Waals surface area contributed by atoms with Crippen LogP contribution in [0.15, 0.2) is 4.52 Å². The lowest BCUT2D eigenvalue weighted by Crippen LogP contribution is -2.33. The van der Waals surface area contributed by atoms with Gasteiger partial charge in [-0.05, 0) is 26.4 Å². The third-order valence-corrected chi connectivity index (χ3v) is 4.82. The molecule has 2 saturated heterocycles. The summed E-state index contributed by atoms with van der Waals surface area (Å²) in [5.41, 5.74) is 0. The van der Waals surface area contributed by atoms with Crippen molar-refractivity contribution < 1.29 is 4.52 Å². The van der Waals surface area contributed by atoms with Gasteiger partial charge < -0.3 is 9.84 Å². The Morgan fingerprint density at radius 1 is 1.50 bits per heavy atom. The van der Waals surface area contributed by atoms with Gasteiger partial charge in [-0.2, -0.15) is 16.7 Å². The van der Waals surface area contributed by atoms with Gasteiger partial charge in [0.25, 0.3) is 0 Å². The monoisotopic (exact) mass is 268 g/mol. The molecule has 0 aromatic carbocycles. The van der Waals surface area contributed by atoms with Crippen molar-refractivity contribution in [3.63, 3.8) is 0 Å². The van der Waals surface area contributed by atoms with Gasteiger partial charge in [0.1, 0.15) is 0 Å². The number of hydrogen-bond donors (Lipinski definition) is 1. The second-order valence-corrected chi connectivity index (χ2v) is 6.26. The van der Waals surface area contributed by atoms with Crippen LogP contribution in [0, 0.1) is 0 Å². The number of nitrogens with one attached hydrogen (secondary N) is 1. The third kappa shape index (κ3) is 2.55. The first-order valence-corrected chi connectivity index (χ1v) is 7.82. The molecule has 0 aliphatic carbocycles. The average molecular weight is 268 g/mol. The molecule has 2 fully saturated rings. The number of rotatable bonds is 2. The molecule has 1 N–H and O–H groups in total. The maximum absolute atomic E-state index is 5.47. The molecule has 100 valence electrons. The molecule has 1 aromatic rings. The highest BCUT2D eigenvalue weighted by Gasteiger charge is 2.28. The molecule has 3 rings (SSSR count). The number of nitrogens with zero attached hydrogens (tertiary/aromatic N) is 3. The zero-order chi connectivity index (χ0) is 12.4. The summed E-state index contributed by atoms with van der Waals surface area (Å²) in [7, 11) is 2.14. The van der Waals surface area contributed by atoms with Crippen LogP contribution in [-0.2, 0) is 0 Å². The van der Waals surface area contributed by atoms with E-state index in [0.717, 1.165) is 43.5 Å². The lowest BCUT2D eigenvalue weighted by Gasteiger charge is -2.29. The molecular weight excluding hydrogens is 248 g/mol. The van der Waals surface area contributed by atoms with Crippen molar-refractivity contribution in [1.82, 2.24) is 20.4 Å². The second-order valence-electron chi connectivity index (χ2n) is 5.11. The molecule has 2 atom stereocenters. The zero-order valence-electron chi connectivity index (χ0n) is 10.8. The normalized spacial score (nSPS) is 30.5. The van der Waals surface area contributed by atoms with E-state index in [1.54, 1.807) is 0 Å². The van der Waals surface area contributed by atoms with Gasteiger partial charge in [-0.3, -0.25) is 4.90 Å². The first-order chi connectivity index (χ1) is 8.84. The summed E-state index contributed by atoms with van der Waals surface area (Å²) >= 11 is 1.97. The Kier molecular flexibility index (Phi) is 3.86. The summed E-state index contributed by atoms with van der Waals surface area (Å²) in [6.07, 6.45) is 2.35. The first-order valence-electron chi connectivity index (χ1n) is 6.67. The van der Waals surface area contributed by atoms with Crippen LogP contribution in [0.1, 0.15) is 36.5 Å². The molecule has 5 nitrogen and oxygen atoms in total. The third-order valence-electron chi connectivity index (χ3n) is 3.80. The Morgan fingerprint density at radius 2 is 2.44 bits per heavy atom. The standard InChI is InChI=1S/C12H20N4OS/c1-16-5-6-18-8-10(16)11-14-12(17-15-11)9-3-2-4-13-7-9/h9-10,13H,2-8H2,1H3. The van der Waals surface area contributed by atoms with E-state index in [1.165, 1.54) is 12.2 Å². The van der Waals surface area contributed by atoms with Crippen LogP contribution in [0.2, 0.25) is 0 Å². The number of hydrogen-bond acceptors (Lipinski definition) is 6. The second kappa shape index (κ2) is 5.59. The molecule has 18 heavy (non-hydrogen) atoms. The van der Waals surface area contributed by atoms with E-state index in [9.17, 15) is 0 Å². The maximum atomic E-state index is 5.47. The lowest BCUT2D eigenvalue weighted by atomic mass is 10.00. The Labute approximate surface area is 112 Å². The van der Waals surface area contributed by atoms with Crippen molar-refractivity contribution >= 4 is 11.8 Å². The van der Waals surface area contributed by atoms with Crippen molar-refractivity contribution in [2.45, 2.75) is 24.8 Å². The van der Waals surface area contributed by atoms with Crippen LogP contribution < -0.4 is 5.32 Å². The van der Waals surface area contributed by atoms with Crippen LogP contribution in [0.3, 0.4) is 0 Å². The first kappa shape index (κ1) is 12.4. The number of thioether (sulfide) groups is 1. The lowest BCUT2D eigenvalue weighted by molar-refractivity contribution is 0.255. The molecule has 0 radical (unpaired) electrons. The maximum Gasteiger partial charge on any atom is 0.231 e. The highest BCUT2D eigenvalue weighted by atomic mass is 32.2. The van der Waals surface area contributed by atoms with Crippen LogP contribution in [0.5, 0.6) is 0 Å². The predicted octanol–water partition coefficient (Wildman–Crippen LogP) is 1.26. The van der Waals surface area contributed by atoms with E-state index < -0.39 is 0 Å². The summed E-state index contributed by atoms with van der Waals surface area (Å²) in [6, 6.07) is 0.317. The Hall–Kier alpha value is -0.590. The van der Waals surface area contributed by atoms with Crippen molar-refractivity contribution in [1.29, 1.82) is 0 Å². The van der Waals surface area contributed by atoms with Gasteiger partial charge in [-0.1, -0.05) is 5.16 Å². The highest BCUT2D eigenvalue weighted by Crippen LogP contribution is 2.28. The summed E-state index contributed by atoms with van der Waals surface area (Å²) in [6.45, 7) is 3.18. The van der Waals surface area contributed by atoms with Gasteiger partial charge in [0.15, 0.2) is 5.82 Å². The van der Waals surface area contributed by atoms with E-state index in [-0.39, 0.29) is 0 Å². The molecule has 2 unspecified atom stereocenters. The van der Waals surface area contributed by atoms with E-state index >= 15 is 0 Å². The van der Waals surface area contributed by atoms with Crippen molar-refractivity contribution in [2.75, 3.05) is 38.2 Å². The van der Waals surface area contributed by atoms with Gasteiger partial charge in [0, 0.05) is 24.6 Å². The van der Waals surface area contributed by atoms with Crippen molar-refractivity contribution in [3.05, 3.63) is 11.7 Å². The Morgan fingerprint density at radius 3 is 3.22 bits per heavy atom. The van der Waals surface area contributed by atoms with Gasteiger partial charge in [0.05, 0.1) is 12.0 Å². The molecule has 0 saturated carbocycles. The predicted molar refractivity (Wildman–Crippen MR) is 71.8 cm³/mol. The molecule has 0 amide bonds. The molecular formula is C12H20N4OS. The number of aromatic nitrogens is 2. The minimum absolute atomic E-state index is 0.317. The van der Waals surface area contributed by atoms with E-state index in [2.05, 4.69) is 27.4 Å². The molecule has 2 aliphatic rings. The molecule has 2 aliphatic heterocycles. The Balaban J connectivity index is 1.71. The highest BCUT2D eigenvalue weighted by molar-refractivity contribution is 7.99. The van der Waals surface area contributed by atoms with E-state index in [0.29, 0.717) is 12.0 Å². The summed E-state index contributed by atoms with van der Waals surface area (Å²) in [4.78, 5) is 6.96. The minimum Gasteiger partial charge on any atom is -0.339 e. The summed E-state index contributed by atoms with van der Waals surface area (Å²) < 4.78 is 5.47. The van der Waals surface area contributed by atoms with E-state index in [1.807, 2.05) is 11.8 Å². The SMILES string of the molecule is CN1CCSCC1c1noc(C2CCCNC2)n1. The average Bonchev–Trinajstić information content (AvgIpc) is 2.90. The van der Waals surface area contributed by atoms with Crippen LogP contribution in [0.25, 0.3) is 0 Å². The van der Waals surface area contributed by atoms with Gasteiger partial charge in [-0.25, -0.2) is 0 Å². The van der Waals surface area contributed by atoms with Crippen molar-refractivity contribution in [2.24, 2.45) is 0 Å². The fraction of sp³-hybridized carbons (Fsp3) is 0.833. The van der Waals surface area contributed by atoms with Gasteiger partial charge >= 0.3 is 0 Å². The molecule has 6 heteroatoms. The van der Waals surface area contributed by atoms with Gasteiger partial charge in [0.2, 0.25) is 5.89 Å². The summed E-state index contributed by atoms with van der Waals surface area (Å²) in [5, 5.41) is 7.59. The summed E-state index contributed by atoms with van der Waals surface area (Å²) in [5.74, 6) is 4.36. The van der Waals surface area contributed by atoms with Gasteiger partial charge in [-0.15, -0.1) is 0 Å². The smallest absolute Gasteiger partial charge is 0.231 e. The van der Waals surface area contributed by atoms with Crippen LogP contribution >= 0.6 is 11.8 Å². The topological polar surface area (TPSA) is 54.2 Å². The van der Waals surface area contributed by atoms with Crippen molar-refractivity contribution in [3.8, 4) is 0 Å². The zero-order valence-corrected chi connectivity index (χ0v) is 11.6. The van der Waals surface area contributed by atoms with E-state index in [4.69, 9.17) is 4.52 Å². The molecule has 0 spiro atoms. The fourth-order valence-corrected chi connectivity index (χ4v) is 3.78. The largest absolute Gasteiger partial charge is 0.339 e. The minimum atomic E-state index is 0.317. The fourth-order valence-electron chi connectivity index (χ4n) is 2.57. The quantitative estimate of drug-likeness (QED) is 0.871. The number of piperidine rings is 1. The molecule has 1 aromatic heterocycles.